The molecule has 3 nitrogen and oxygen atoms in total. The Morgan fingerprint density at radius 1 is 0.952 bits per heavy atom. The van der Waals surface area contributed by atoms with Crippen LogP contribution in [0.4, 0.5) is 0 Å². The number of hydrogen-bond acceptors (Lipinski definition) is 3. The highest BCUT2D eigenvalue weighted by atomic mass is 16.5. The van der Waals surface area contributed by atoms with Crippen LogP contribution in [0.5, 0.6) is 11.5 Å². The molecule has 0 atom stereocenters. The number of unbranched alkanes of at least 4 members (excludes halogenated alkanes) is 3. The van der Waals surface area contributed by atoms with E-state index in [4.69, 9.17) is 9.47 Å². The van der Waals surface area contributed by atoms with E-state index in [1.54, 1.807) is 7.11 Å². The van der Waals surface area contributed by atoms with Crippen molar-refractivity contribution >= 4 is 0 Å². The Morgan fingerprint density at radius 3 is 2.33 bits per heavy atom. The zero-order valence-corrected chi connectivity index (χ0v) is 14.2. The molecule has 0 heterocycles. The Balaban J connectivity index is 2.57. The van der Waals surface area contributed by atoms with Gasteiger partial charge in [-0.3, -0.25) is 4.90 Å². The SMILES string of the molecule is CCCCCCOc1ccc(CN(CC)CC)cc1OC. The summed E-state index contributed by atoms with van der Waals surface area (Å²) in [6.45, 7) is 10.5. The van der Waals surface area contributed by atoms with Gasteiger partial charge in [-0.15, -0.1) is 0 Å². The summed E-state index contributed by atoms with van der Waals surface area (Å²) in [7, 11) is 1.71. The largest absolute Gasteiger partial charge is 0.493 e. The molecule has 120 valence electrons. The second-order valence-electron chi connectivity index (χ2n) is 5.36. The second kappa shape index (κ2) is 10.5. The highest BCUT2D eigenvalue weighted by molar-refractivity contribution is 5.42. The minimum absolute atomic E-state index is 0.770. The van der Waals surface area contributed by atoms with E-state index in [1.165, 1.54) is 24.8 Å². The molecular weight excluding hydrogens is 262 g/mol. The van der Waals surface area contributed by atoms with Gasteiger partial charge in [0, 0.05) is 6.54 Å². The molecule has 1 rings (SSSR count). The minimum atomic E-state index is 0.770. The fourth-order valence-corrected chi connectivity index (χ4v) is 2.35. The van der Waals surface area contributed by atoms with E-state index in [9.17, 15) is 0 Å². The van der Waals surface area contributed by atoms with Gasteiger partial charge < -0.3 is 9.47 Å². The summed E-state index contributed by atoms with van der Waals surface area (Å²) >= 11 is 0. The number of nitrogens with zero attached hydrogens (tertiary/aromatic N) is 1. The summed E-state index contributed by atoms with van der Waals surface area (Å²) in [6.07, 6.45) is 4.88. The molecule has 0 aliphatic rings. The van der Waals surface area contributed by atoms with E-state index in [0.29, 0.717) is 0 Å². The number of rotatable bonds is 11. The molecule has 0 saturated heterocycles. The van der Waals surface area contributed by atoms with Gasteiger partial charge in [0.25, 0.3) is 0 Å². The third-order valence-electron chi connectivity index (χ3n) is 3.78. The molecule has 0 amide bonds. The topological polar surface area (TPSA) is 21.7 Å². The molecule has 0 aliphatic heterocycles. The monoisotopic (exact) mass is 293 g/mol. The van der Waals surface area contributed by atoms with Gasteiger partial charge in [-0.05, 0) is 37.2 Å². The maximum atomic E-state index is 5.85. The summed E-state index contributed by atoms with van der Waals surface area (Å²) in [5.41, 5.74) is 1.27. The van der Waals surface area contributed by atoms with Gasteiger partial charge in [0.1, 0.15) is 0 Å². The lowest BCUT2D eigenvalue weighted by Gasteiger charge is -2.19. The maximum absolute atomic E-state index is 5.85. The summed E-state index contributed by atoms with van der Waals surface area (Å²) in [5.74, 6) is 1.70. The van der Waals surface area contributed by atoms with Crippen molar-refractivity contribution in [2.24, 2.45) is 0 Å². The van der Waals surface area contributed by atoms with Gasteiger partial charge >= 0.3 is 0 Å². The van der Waals surface area contributed by atoms with Crippen molar-refractivity contribution < 1.29 is 9.47 Å². The van der Waals surface area contributed by atoms with Crippen LogP contribution in [0.1, 0.15) is 52.0 Å². The number of ether oxygens (including phenoxy) is 2. The minimum Gasteiger partial charge on any atom is -0.493 e. The predicted octanol–water partition coefficient (Wildman–Crippen LogP) is 4.50. The zero-order chi connectivity index (χ0) is 15.5. The standard InChI is InChI=1S/C18H31NO2/c1-5-8-9-10-13-21-17-12-11-16(14-18(17)20-4)15-19(6-2)7-3/h11-12,14H,5-10,13,15H2,1-4H3. The molecule has 0 saturated carbocycles. The predicted molar refractivity (Wildman–Crippen MR) is 89.3 cm³/mol. The van der Waals surface area contributed by atoms with Gasteiger partial charge in [-0.2, -0.15) is 0 Å². The van der Waals surface area contributed by atoms with Crippen molar-refractivity contribution in [3.8, 4) is 11.5 Å². The zero-order valence-electron chi connectivity index (χ0n) is 14.2. The molecular formula is C18H31NO2. The average Bonchev–Trinajstić information content (AvgIpc) is 2.53. The molecule has 0 unspecified atom stereocenters. The lowest BCUT2D eigenvalue weighted by Crippen LogP contribution is -2.22. The molecule has 21 heavy (non-hydrogen) atoms. The quantitative estimate of drug-likeness (QED) is 0.561. The van der Waals surface area contributed by atoms with Gasteiger partial charge in [0.05, 0.1) is 13.7 Å². The second-order valence-corrected chi connectivity index (χ2v) is 5.36. The first-order chi connectivity index (χ1) is 10.2. The Kier molecular flexibility index (Phi) is 8.91. The smallest absolute Gasteiger partial charge is 0.161 e. The van der Waals surface area contributed by atoms with Crippen LogP contribution in [0.3, 0.4) is 0 Å². The van der Waals surface area contributed by atoms with Crippen LogP contribution in [0.2, 0.25) is 0 Å². The lowest BCUT2D eigenvalue weighted by molar-refractivity contribution is 0.281. The van der Waals surface area contributed by atoms with Crippen LogP contribution < -0.4 is 9.47 Å². The van der Waals surface area contributed by atoms with Crippen molar-refractivity contribution in [3.05, 3.63) is 23.8 Å². The van der Waals surface area contributed by atoms with Crippen molar-refractivity contribution in [1.29, 1.82) is 0 Å². The van der Waals surface area contributed by atoms with Gasteiger partial charge in [-0.25, -0.2) is 0 Å². The molecule has 0 N–H and O–H groups in total. The van der Waals surface area contributed by atoms with Crippen molar-refractivity contribution in [2.75, 3.05) is 26.8 Å². The Bertz CT molecular complexity index is 389. The van der Waals surface area contributed by atoms with E-state index >= 15 is 0 Å². The fourth-order valence-electron chi connectivity index (χ4n) is 2.35. The molecule has 0 aromatic heterocycles. The van der Waals surface area contributed by atoms with Crippen LogP contribution in [-0.2, 0) is 6.54 Å². The van der Waals surface area contributed by atoms with E-state index in [0.717, 1.165) is 44.2 Å². The van der Waals surface area contributed by atoms with E-state index < -0.39 is 0 Å². The van der Waals surface area contributed by atoms with Crippen LogP contribution in [0.25, 0.3) is 0 Å². The van der Waals surface area contributed by atoms with Crippen molar-refractivity contribution in [1.82, 2.24) is 4.90 Å². The number of hydrogen-bond donors (Lipinski definition) is 0. The average molecular weight is 293 g/mol. The van der Waals surface area contributed by atoms with Crippen LogP contribution in [0.15, 0.2) is 18.2 Å². The highest BCUT2D eigenvalue weighted by Gasteiger charge is 2.08. The first-order valence-corrected chi connectivity index (χ1v) is 8.27. The maximum Gasteiger partial charge on any atom is 0.161 e. The summed E-state index contributed by atoms with van der Waals surface area (Å²) in [5, 5.41) is 0. The van der Waals surface area contributed by atoms with Crippen LogP contribution in [-0.4, -0.2) is 31.7 Å². The molecule has 0 radical (unpaired) electrons. The number of benzene rings is 1. The first kappa shape index (κ1) is 17.8. The molecule has 0 aliphatic carbocycles. The Hall–Kier alpha value is -1.22. The number of methoxy groups -OCH3 is 1. The van der Waals surface area contributed by atoms with E-state index in [1.807, 2.05) is 6.07 Å². The van der Waals surface area contributed by atoms with E-state index in [2.05, 4.69) is 37.8 Å². The summed E-state index contributed by atoms with van der Waals surface area (Å²) in [4.78, 5) is 2.39. The molecule has 0 spiro atoms. The van der Waals surface area contributed by atoms with Gasteiger partial charge in [0.2, 0.25) is 0 Å². The third-order valence-corrected chi connectivity index (χ3v) is 3.78. The Labute approximate surface area is 130 Å². The summed E-state index contributed by atoms with van der Waals surface area (Å²) in [6, 6.07) is 6.28. The molecule has 1 aromatic rings. The molecule has 0 bridgehead atoms. The third kappa shape index (κ3) is 6.38. The van der Waals surface area contributed by atoms with Crippen molar-refractivity contribution in [2.45, 2.75) is 53.0 Å². The van der Waals surface area contributed by atoms with Crippen LogP contribution in [0, 0.1) is 0 Å². The fraction of sp³-hybridized carbons (Fsp3) is 0.667. The normalized spacial score (nSPS) is 10.9. The molecule has 3 heteroatoms. The highest BCUT2D eigenvalue weighted by Crippen LogP contribution is 2.28. The van der Waals surface area contributed by atoms with Gasteiger partial charge in [-0.1, -0.05) is 46.1 Å². The van der Waals surface area contributed by atoms with E-state index in [-0.39, 0.29) is 0 Å². The van der Waals surface area contributed by atoms with Crippen molar-refractivity contribution in [3.63, 3.8) is 0 Å². The molecule has 0 fully saturated rings. The summed E-state index contributed by atoms with van der Waals surface area (Å²) < 4.78 is 11.3. The van der Waals surface area contributed by atoms with Gasteiger partial charge in [0.15, 0.2) is 11.5 Å². The first-order valence-electron chi connectivity index (χ1n) is 8.27. The lowest BCUT2D eigenvalue weighted by atomic mass is 10.2. The molecule has 1 aromatic carbocycles. The van der Waals surface area contributed by atoms with Crippen LogP contribution >= 0.6 is 0 Å². The Morgan fingerprint density at radius 2 is 1.71 bits per heavy atom.